The van der Waals surface area contributed by atoms with Gasteiger partial charge < -0.3 is 10.4 Å². The maximum absolute atomic E-state index is 7.25. The monoisotopic (exact) mass is 119 g/mol. The van der Waals surface area contributed by atoms with E-state index in [-0.39, 0.29) is 16.8 Å². The molecule has 0 aliphatic rings. The predicted octanol–water partition coefficient (Wildman–Crippen LogP) is -0.897. The van der Waals surface area contributed by atoms with Crippen molar-refractivity contribution in [3.63, 3.8) is 0 Å². The molecule has 0 fully saturated rings. The molecule has 0 atom stereocenters. The Morgan fingerprint density at radius 3 is 0.800 bits per heavy atom. The minimum Gasteiger partial charge on any atom is -0.757 e. The van der Waals surface area contributed by atoms with Gasteiger partial charge in [0, 0.05) is 0 Å². The van der Waals surface area contributed by atoms with Crippen LogP contribution in [-0.2, 0) is 16.8 Å². The summed E-state index contributed by atoms with van der Waals surface area (Å²) in [5.41, 5.74) is 0. The van der Waals surface area contributed by atoms with E-state index >= 15 is 0 Å². The predicted molar refractivity (Wildman–Crippen MR) is 11.0 cm³/mol. The van der Waals surface area contributed by atoms with Crippen LogP contribution in [0.15, 0.2) is 0 Å². The number of rotatable bonds is 0. The summed E-state index contributed by atoms with van der Waals surface area (Å²) >= 11 is 0. The molecule has 0 N–H and O–H groups in total. The summed E-state index contributed by atoms with van der Waals surface area (Å²) in [6.07, 6.45) is 0. The fourth-order valence-corrected chi connectivity index (χ4v) is 0. The van der Waals surface area contributed by atoms with Crippen LogP contribution in [0.3, 0.4) is 0 Å². The molecule has 5 heavy (non-hydrogen) atoms. The average molecular weight is 119 g/mol. The molecular weight excluding hydrogens is 119 g/mol. The maximum atomic E-state index is 7.25. The SMILES string of the molecule is [Co+2].[N][O-].[N][O-]. The fourth-order valence-electron chi connectivity index (χ4n) is 0. The van der Waals surface area contributed by atoms with E-state index in [1.54, 1.807) is 0 Å². The molecule has 0 rings (SSSR count). The third-order valence-electron chi connectivity index (χ3n) is 0. The molecule has 0 spiro atoms. The molecule has 0 aromatic heterocycles. The molecule has 0 bridgehead atoms. The van der Waals surface area contributed by atoms with Crippen molar-refractivity contribution in [1.29, 1.82) is 0 Å². The minimum absolute atomic E-state index is 0. The first-order valence-corrected chi connectivity index (χ1v) is 0.365. The molecular formula is CoN2O2. The molecule has 5 radical (unpaired) electrons. The average Bonchev–Trinajstić information content (AvgIpc) is 1.50. The largest absolute Gasteiger partial charge is 2.00 e. The smallest absolute Gasteiger partial charge is 0.757 e. The number of nitrogens with zero attached hydrogens (tertiary/aromatic N) is 2. The molecule has 0 heterocycles. The summed E-state index contributed by atoms with van der Waals surface area (Å²) < 4.78 is 0. The molecule has 5 heteroatoms. The molecule has 0 aromatic carbocycles. The summed E-state index contributed by atoms with van der Waals surface area (Å²) in [7, 11) is 0. The first kappa shape index (κ1) is 18.3. The van der Waals surface area contributed by atoms with Crippen LogP contribution in [0.1, 0.15) is 0 Å². The van der Waals surface area contributed by atoms with Gasteiger partial charge in [-0.25, -0.2) is 11.8 Å². The zero-order valence-corrected chi connectivity index (χ0v) is 3.09. The van der Waals surface area contributed by atoms with E-state index in [1.165, 1.54) is 0 Å². The summed E-state index contributed by atoms with van der Waals surface area (Å²) in [4.78, 5) is 0. The van der Waals surface area contributed by atoms with Gasteiger partial charge in [-0.05, 0) is 0 Å². The van der Waals surface area contributed by atoms with Crippen LogP contribution in [0.2, 0.25) is 0 Å². The quantitative estimate of drug-likeness (QED) is 0.386. The van der Waals surface area contributed by atoms with E-state index in [1.807, 2.05) is 0 Å². The summed E-state index contributed by atoms with van der Waals surface area (Å²) in [6, 6.07) is 0. The van der Waals surface area contributed by atoms with Crippen molar-refractivity contribution in [3.05, 3.63) is 10.4 Å². The molecule has 0 saturated carbocycles. The van der Waals surface area contributed by atoms with E-state index in [0.29, 0.717) is 0 Å². The van der Waals surface area contributed by atoms with Crippen LogP contribution in [0.4, 0.5) is 0 Å². The standard InChI is InChI=1S/Co.2NO/c;2*1-2/q+2;2*-1. The van der Waals surface area contributed by atoms with Gasteiger partial charge >= 0.3 is 16.8 Å². The molecule has 0 amide bonds. The second-order valence-electron chi connectivity index (χ2n) is 0. The van der Waals surface area contributed by atoms with Crippen LogP contribution in [-0.4, -0.2) is 0 Å². The van der Waals surface area contributed by atoms with Gasteiger partial charge in [-0.15, -0.1) is 0 Å². The van der Waals surface area contributed by atoms with Gasteiger partial charge in [-0.1, -0.05) is 0 Å². The molecule has 0 aliphatic carbocycles. The third kappa shape index (κ3) is 199. The van der Waals surface area contributed by atoms with Crippen molar-refractivity contribution in [2.45, 2.75) is 0 Å². The van der Waals surface area contributed by atoms with Crippen molar-refractivity contribution in [2.24, 2.45) is 0 Å². The van der Waals surface area contributed by atoms with Gasteiger partial charge in [-0.3, -0.25) is 0 Å². The van der Waals surface area contributed by atoms with Gasteiger partial charge in [0.2, 0.25) is 0 Å². The zero-order valence-electron chi connectivity index (χ0n) is 2.04. The Bertz CT molecular complexity index is 7.61. The first-order chi connectivity index (χ1) is 2.00. The minimum atomic E-state index is 0. The van der Waals surface area contributed by atoms with Crippen LogP contribution < -0.4 is 11.8 Å². The van der Waals surface area contributed by atoms with Crippen LogP contribution >= 0.6 is 0 Å². The number of hydrogen-bond donors (Lipinski definition) is 0. The van der Waals surface area contributed by atoms with Crippen molar-refractivity contribution in [3.8, 4) is 0 Å². The van der Waals surface area contributed by atoms with Crippen molar-refractivity contribution < 1.29 is 16.8 Å². The van der Waals surface area contributed by atoms with E-state index in [0.717, 1.165) is 0 Å². The van der Waals surface area contributed by atoms with E-state index in [2.05, 4.69) is 0 Å². The third-order valence-corrected chi connectivity index (χ3v) is 0. The summed E-state index contributed by atoms with van der Waals surface area (Å²) in [6.45, 7) is 0. The van der Waals surface area contributed by atoms with Gasteiger partial charge in [0.15, 0.2) is 0 Å². The Morgan fingerprint density at radius 2 is 0.800 bits per heavy atom. The van der Waals surface area contributed by atoms with Crippen LogP contribution in [0.5, 0.6) is 0 Å². The molecule has 4 nitrogen and oxygen atoms in total. The summed E-state index contributed by atoms with van der Waals surface area (Å²) in [5.74, 6) is 11.5. The molecule has 0 aliphatic heterocycles. The zero-order chi connectivity index (χ0) is 4.00. The van der Waals surface area contributed by atoms with Crippen LogP contribution in [0, 0.1) is 10.4 Å². The van der Waals surface area contributed by atoms with E-state index in [9.17, 15) is 0 Å². The molecule has 0 aromatic rings. The normalized spacial score (nSPS) is 2.40. The van der Waals surface area contributed by atoms with Crippen molar-refractivity contribution in [2.75, 3.05) is 0 Å². The second-order valence-corrected chi connectivity index (χ2v) is 0. The Labute approximate surface area is 39.9 Å². The Balaban J connectivity index is -0.0000000133. The molecule has 0 unspecified atom stereocenters. The van der Waals surface area contributed by atoms with Crippen molar-refractivity contribution >= 4 is 0 Å². The van der Waals surface area contributed by atoms with Gasteiger partial charge in [0.1, 0.15) is 0 Å². The van der Waals surface area contributed by atoms with Crippen LogP contribution in [0.25, 0.3) is 0 Å². The van der Waals surface area contributed by atoms with Gasteiger partial charge in [-0.2, -0.15) is 0 Å². The second kappa shape index (κ2) is 405. The summed E-state index contributed by atoms with van der Waals surface area (Å²) in [5, 5.41) is 14.5. The van der Waals surface area contributed by atoms with E-state index in [4.69, 9.17) is 22.2 Å². The Hall–Kier alpha value is 0.346. The Kier molecular flexibility index (Phi) is 1490. The van der Waals surface area contributed by atoms with Gasteiger partial charge in [0.25, 0.3) is 0 Å². The topological polar surface area (TPSA) is 90.7 Å². The maximum Gasteiger partial charge on any atom is 2.00 e. The van der Waals surface area contributed by atoms with E-state index < -0.39 is 0 Å². The first-order valence-electron chi connectivity index (χ1n) is 0.365. The Morgan fingerprint density at radius 1 is 0.800 bits per heavy atom. The van der Waals surface area contributed by atoms with Crippen molar-refractivity contribution in [1.82, 2.24) is 11.8 Å². The fraction of sp³-hybridized carbons (Fsp3) is 0. The number of hydrogen-bond acceptors (Lipinski definition) is 2. The molecule has 0 saturated heterocycles. The van der Waals surface area contributed by atoms with Gasteiger partial charge in [0.05, 0.1) is 0 Å². The molecule has 31 valence electrons.